The van der Waals surface area contributed by atoms with Crippen LogP contribution >= 0.6 is 0 Å². The lowest BCUT2D eigenvalue weighted by Gasteiger charge is -2.21. The van der Waals surface area contributed by atoms with Crippen LogP contribution in [0.5, 0.6) is 0 Å². The average Bonchev–Trinajstić information content (AvgIpc) is 2.48. The molecular weight excluding hydrogens is 210 g/mol. The molecule has 0 amide bonds. The van der Waals surface area contributed by atoms with Crippen molar-refractivity contribution in [2.45, 2.75) is 19.9 Å². The first kappa shape index (κ1) is 12.4. The smallest absolute Gasteiger partial charge is 0.0362 e. The number of nitrogens with zero attached hydrogens (tertiary/aromatic N) is 2. The van der Waals surface area contributed by atoms with Crippen molar-refractivity contribution in [2.75, 3.05) is 39.0 Å². The van der Waals surface area contributed by atoms with Crippen LogP contribution in [0.25, 0.3) is 0 Å². The second-order valence-corrected chi connectivity index (χ2v) is 5.14. The van der Waals surface area contributed by atoms with E-state index in [1.54, 1.807) is 0 Å². The number of rotatable bonds is 2. The first-order chi connectivity index (χ1) is 8.15. The molecule has 0 aliphatic carbocycles. The highest BCUT2D eigenvalue weighted by molar-refractivity contribution is 5.48. The molecule has 0 bridgehead atoms. The molecule has 3 heteroatoms. The maximum Gasteiger partial charge on any atom is 0.0362 e. The predicted octanol–water partition coefficient (Wildman–Crippen LogP) is 1.71. The van der Waals surface area contributed by atoms with Gasteiger partial charge in [-0.05, 0) is 50.7 Å². The Balaban J connectivity index is 2.00. The lowest BCUT2D eigenvalue weighted by atomic mass is 10.1. The maximum absolute atomic E-state index is 6.07. The topological polar surface area (TPSA) is 32.5 Å². The van der Waals surface area contributed by atoms with Crippen molar-refractivity contribution < 1.29 is 0 Å². The van der Waals surface area contributed by atoms with Crippen molar-refractivity contribution in [3.63, 3.8) is 0 Å². The Morgan fingerprint density at radius 1 is 1.18 bits per heavy atom. The molecular formula is C14H23N3. The van der Waals surface area contributed by atoms with E-state index in [4.69, 9.17) is 5.73 Å². The minimum atomic E-state index is 0.933. The number of anilines is 1. The third-order valence-electron chi connectivity index (χ3n) is 3.51. The Hall–Kier alpha value is -1.06. The first-order valence-electron chi connectivity index (χ1n) is 6.41. The maximum atomic E-state index is 6.07. The van der Waals surface area contributed by atoms with Gasteiger partial charge >= 0.3 is 0 Å². The molecule has 1 aliphatic heterocycles. The van der Waals surface area contributed by atoms with Crippen molar-refractivity contribution in [3.05, 3.63) is 29.3 Å². The van der Waals surface area contributed by atoms with Gasteiger partial charge in [0.2, 0.25) is 0 Å². The van der Waals surface area contributed by atoms with Crippen LogP contribution in [0.1, 0.15) is 17.5 Å². The summed E-state index contributed by atoms with van der Waals surface area (Å²) < 4.78 is 0. The summed E-state index contributed by atoms with van der Waals surface area (Å²) in [5.74, 6) is 0. The number of benzene rings is 1. The van der Waals surface area contributed by atoms with Gasteiger partial charge in [0.15, 0.2) is 0 Å². The van der Waals surface area contributed by atoms with Gasteiger partial charge in [-0.2, -0.15) is 0 Å². The Labute approximate surface area is 104 Å². The molecule has 2 rings (SSSR count). The van der Waals surface area contributed by atoms with Crippen LogP contribution in [-0.4, -0.2) is 43.0 Å². The van der Waals surface area contributed by atoms with E-state index in [0.29, 0.717) is 0 Å². The molecule has 1 heterocycles. The van der Waals surface area contributed by atoms with Crippen molar-refractivity contribution in [2.24, 2.45) is 0 Å². The van der Waals surface area contributed by atoms with E-state index in [1.165, 1.54) is 30.6 Å². The fourth-order valence-corrected chi connectivity index (χ4v) is 2.36. The summed E-state index contributed by atoms with van der Waals surface area (Å²) >= 11 is 0. The van der Waals surface area contributed by atoms with Crippen LogP contribution in [0.2, 0.25) is 0 Å². The molecule has 0 atom stereocenters. The summed E-state index contributed by atoms with van der Waals surface area (Å²) in [6.45, 7) is 7.76. The van der Waals surface area contributed by atoms with Gasteiger partial charge in [-0.15, -0.1) is 0 Å². The van der Waals surface area contributed by atoms with Gasteiger partial charge in [0.1, 0.15) is 0 Å². The van der Waals surface area contributed by atoms with Crippen molar-refractivity contribution in [3.8, 4) is 0 Å². The van der Waals surface area contributed by atoms with Gasteiger partial charge in [-0.25, -0.2) is 0 Å². The number of nitrogens with two attached hydrogens (primary N) is 1. The van der Waals surface area contributed by atoms with Crippen LogP contribution in [-0.2, 0) is 6.54 Å². The number of likely N-dealkylation sites (N-methyl/N-ethyl adjacent to an activating group) is 1. The summed E-state index contributed by atoms with van der Waals surface area (Å²) in [4.78, 5) is 4.91. The monoisotopic (exact) mass is 233 g/mol. The second-order valence-electron chi connectivity index (χ2n) is 5.14. The van der Waals surface area contributed by atoms with E-state index in [9.17, 15) is 0 Å². The summed E-state index contributed by atoms with van der Waals surface area (Å²) in [6.07, 6.45) is 1.25. The van der Waals surface area contributed by atoms with Crippen LogP contribution in [0.15, 0.2) is 18.2 Å². The third-order valence-corrected chi connectivity index (χ3v) is 3.51. The fraction of sp³-hybridized carbons (Fsp3) is 0.571. The summed E-state index contributed by atoms with van der Waals surface area (Å²) in [6, 6.07) is 6.38. The molecule has 94 valence electrons. The zero-order valence-corrected chi connectivity index (χ0v) is 10.9. The van der Waals surface area contributed by atoms with Gasteiger partial charge in [-0.3, -0.25) is 4.90 Å². The van der Waals surface area contributed by atoms with Crippen molar-refractivity contribution >= 4 is 5.69 Å². The normalized spacial score (nSPS) is 19.2. The highest BCUT2D eigenvalue weighted by Crippen LogP contribution is 2.16. The molecule has 17 heavy (non-hydrogen) atoms. The minimum absolute atomic E-state index is 0.933. The fourth-order valence-electron chi connectivity index (χ4n) is 2.36. The number of aryl methyl sites for hydroxylation is 1. The summed E-state index contributed by atoms with van der Waals surface area (Å²) in [5.41, 5.74) is 9.50. The quantitative estimate of drug-likeness (QED) is 0.789. The molecule has 1 fully saturated rings. The van der Waals surface area contributed by atoms with Crippen LogP contribution in [0.4, 0.5) is 5.69 Å². The van der Waals surface area contributed by atoms with Gasteiger partial charge < -0.3 is 10.6 Å². The van der Waals surface area contributed by atoms with Crippen molar-refractivity contribution in [1.29, 1.82) is 0 Å². The Bertz CT molecular complexity index is 376. The Morgan fingerprint density at radius 3 is 2.76 bits per heavy atom. The largest absolute Gasteiger partial charge is 0.398 e. The van der Waals surface area contributed by atoms with Crippen LogP contribution in [0, 0.1) is 6.92 Å². The molecule has 1 aromatic rings. The van der Waals surface area contributed by atoms with Gasteiger partial charge in [0.05, 0.1) is 0 Å². The third kappa shape index (κ3) is 3.45. The van der Waals surface area contributed by atoms with E-state index >= 15 is 0 Å². The number of hydrogen-bond acceptors (Lipinski definition) is 3. The average molecular weight is 233 g/mol. The van der Waals surface area contributed by atoms with Gasteiger partial charge in [-0.1, -0.05) is 12.1 Å². The highest BCUT2D eigenvalue weighted by atomic mass is 15.2. The molecule has 1 aliphatic rings. The van der Waals surface area contributed by atoms with Gasteiger partial charge in [0, 0.05) is 25.3 Å². The molecule has 3 nitrogen and oxygen atoms in total. The lowest BCUT2D eigenvalue weighted by Crippen LogP contribution is -2.28. The predicted molar refractivity (Wildman–Crippen MR) is 73.0 cm³/mol. The molecule has 0 radical (unpaired) electrons. The van der Waals surface area contributed by atoms with Crippen molar-refractivity contribution in [1.82, 2.24) is 9.80 Å². The zero-order valence-electron chi connectivity index (χ0n) is 10.9. The van der Waals surface area contributed by atoms with E-state index in [1.807, 2.05) is 0 Å². The molecule has 1 saturated heterocycles. The highest BCUT2D eigenvalue weighted by Gasteiger charge is 2.13. The van der Waals surface area contributed by atoms with E-state index in [2.05, 4.69) is 42.0 Å². The standard InChI is InChI=1S/C14H23N3/c1-12-4-5-13(14(15)10-12)11-17-7-3-6-16(2)8-9-17/h4-5,10H,3,6-9,11,15H2,1-2H3. The lowest BCUT2D eigenvalue weighted by molar-refractivity contribution is 0.269. The SMILES string of the molecule is Cc1ccc(CN2CCCN(C)CC2)c(N)c1. The minimum Gasteiger partial charge on any atom is -0.398 e. The van der Waals surface area contributed by atoms with E-state index in [0.717, 1.165) is 25.3 Å². The molecule has 2 N–H and O–H groups in total. The molecule has 0 aromatic heterocycles. The summed E-state index contributed by atoms with van der Waals surface area (Å²) in [5, 5.41) is 0. The van der Waals surface area contributed by atoms with Crippen LogP contribution in [0.3, 0.4) is 0 Å². The summed E-state index contributed by atoms with van der Waals surface area (Å²) in [7, 11) is 2.20. The van der Waals surface area contributed by atoms with E-state index in [-0.39, 0.29) is 0 Å². The van der Waals surface area contributed by atoms with Gasteiger partial charge in [0.25, 0.3) is 0 Å². The molecule has 0 unspecified atom stereocenters. The Kier molecular flexibility index (Phi) is 4.02. The Morgan fingerprint density at radius 2 is 2.00 bits per heavy atom. The number of nitrogen functional groups attached to an aromatic ring is 1. The molecule has 0 saturated carbocycles. The van der Waals surface area contributed by atoms with E-state index < -0.39 is 0 Å². The first-order valence-corrected chi connectivity index (χ1v) is 6.41. The van der Waals surface area contributed by atoms with Crippen LogP contribution < -0.4 is 5.73 Å². The number of hydrogen-bond donors (Lipinski definition) is 1. The second kappa shape index (κ2) is 5.52. The zero-order chi connectivity index (χ0) is 12.3. The molecule has 0 spiro atoms. The molecule has 1 aromatic carbocycles.